The molecule has 0 saturated carbocycles. The van der Waals surface area contributed by atoms with E-state index in [4.69, 9.17) is 9.84 Å². The summed E-state index contributed by atoms with van der Waals surface area (Å²) in [4.78, 5) is 1.91. The molecule has 0 aromatic heterocycles. The monoisotopic (exact) mass is 189 g/mol. The molecule has 0 bridgehead atoms. The van der Waals surface area contributed by atoms with Crippen LogP contribution in [0.25, 0.3) is 0 Å². The molecule has 13 heavy (non-hydrogen) atoms. The highest BCUT2D eigenvalue weighted by Crippen LogP contribution is 1.93. The summed E-state index contributed by atoms with van der Waals surface area (Å²) in [6, 6.07) is 0. The number of aliphatic hydroxyl groups excluding tert-OH is 2. The Bertz CT molecular complexity index is 130. The van der Waals surface area contributed by atoms with Gasteiger partial charge in [-0.3, -0.25) is 4.90 Å². The lowest BCUT2D eigenvalue weighted by atomic mass is 10.3. The minimum absolute atomic E-state index is 0.0908. The van der Waals surface area contributed by atoms with Gasteiger partial charge >= 0.3 is 0 Å². The second-order valence-corrected chi connectivity index (χ2v) is 2.88. The molecular formula is C9H19NO3. The number of hydrogen-bond donors (Lipinski definition) is 2. The van der Waals surface area contributed by atoms with Gasteiger partial charge in [0, 0.05) is 26.7 Å². The number of ether oxygens (including phenoxy) is 1. The maximum absolute atomic E-state index is 9.39. The van der Waals surface area contributed by atoms with Crippen molar-refractivity contribution in [2.75, 3.05) is 40.0 Å². The molecule has 0 fully saturated rings. The summed E-state index contributed by atoms with van der Waals surface area (Å²) in [5.41, 5.74) is 0. The van der Waals surface area contributed by atoms with Crippen LogP contribution in [0.5, 0.6) is 0 Å². The minimum atomic E-state index is -0.503. The quantitative estimate of drug-likeness (QED) is 0.504. The molecule has 0 rings (SSSR count). The minimum Gasteiger partial charge on any atom is -0.395 e. The normalized spacial score (nSPS) is 13.2. The topological polar surface area (TPSA) is 52.9 Å². The Hall–Kier alpha value is -0.420. The molecule has 1 unspecified atom stereocenters. The van der Waals surface area contributed by atoms with Crippen molar-refractivity contribution in [1.29, 1.82) is 0 Å². The van der Waals surface area contributed by atoms with Crippen molar-refractivity contribution in [1.82, 2.24) is 4.90 Å². The van der Waals surface area contributed by atoms with Gasteiger partial charge in [0.2, 0.25) is 0 Å². The molecule has 4 heteroatoms. The van der Waals surface area contributed by atoms with E-state index in [1.807, 2.05) is 4.90 Å². The number of methoxy groups -OCH3 is 1. The lowest BCUT2D eigenvalue weighted by Crippen LogP contribution is -2.36. The zero-order valence-electron chi connectivity index (χ0n) is 8.15. The predicted octanol–water partition coefficient (Wildman–Crippen LogP) is -0.526. The van der Waals surface area contributed by atoms with Crippen LogP contribution < -0.4 is 0 Å². The largest absolute Gasteiger partial charge is 0.395 e. The van der Waals surface area contributed by atoms with Crippen LogP contribution >= 0.6 is 0 Å². The average molecular weight is 189 g/mol. The Morgan fingerprint density at radius 3 is 2.77 bits per heavy atom. The summed E-state index contributed by atoms with van der Waals surface area (Å²) in [6.07, 6.45) is 1.24. The zero-order chi connectivity index (χ0) is 10.1. The summed E-state index contributed by atoms with van der Waals surface area (Å²) in [7, 11) is 1.55. The molecule has 2 N–H and O–H groups in total. The van der Waals surface area contributed by atoms with Crippen molar-refractivity contribution in [2.24, 2.45) is 0 Å². The molecule has 0 aromatic rings. The molecular weight excluding hydrogens is 170 g/mol. The van der Waals surface area contributed by atoms with Gasteiger partial charge in [-0.15, -0.1) is 6.58 Å². The first kappa shape index (κ1) is 12.6. The van der Waals surface area contributed by atoms with Gasteiger partial charge in [-0.25, -0.2) is 0 Å². The van der Waals surface area contributed by atoms with Gasteiger partial charge in [0.15, 0.2) is 0 Å². The summed E-state index contributed by atoms with van der Waals surface area (Å²) < 4.78 is 4.80. The molecule has 0 radical (unpaired) electrons. The van der Waals surface area contributed by atoms with Gasteiger partial charge in [-0.2, -0.15) is 0 Å². The second kappa shape index (κ2) is 8.19. The Kier molecular flexibility index (Phi) is 7.93. The Morgan fingerprint density at radius 1 is 1.62 bits per heavy atom. The standard InChI is InChI=1S/C9H19NO3/c1-3-4-10(5-6-11)7-9(12)8-13-2/h3,9,11-12H,1,4-8H2,2H3. The highest BCUT2D eigenvalue weighted by Gasteiger charge is 2.09. The van der Waals surface area contributed by atoms with Crippen molar-refractivity contribution in [3.05, 3.63) is 12.7 Å². The molecule has 0 aromatic carbocycles. The predicted molar refractivity (Wildman–Crippen MR) is 51.6 cm³/mol. The number of hydrogen-bond acceptors (Lipinski definition) is 4. The van der Waals surface area contributed by atoms with E-state index in [-0.39, 0.29) is 6.61 Å². The van der Waals surface area contributed by atoms with E-state index in [0.717, 1.165) is 0 Å². The molecule has 0 aliphatic carbocycles. The van der Waals surface area contributed by atoms with Gasteiger partial charge in [0.25, 0.3) is 0 Å². The second-order valence-electron chi connectivity index (χ2n) is 2.88. The molecule has 1 atom stereocenters. The van der Waals surface area contributed by atoms with Crippen LogP contribution in [0.1, 0.15) is 0 Å². The van der Waals surface area contributed by atoms with E-state index < -0.39 is 6.10 Å². The third kappa shape index (κ3) is 6.72. The number of nitrogens with zero attached hydrogens (tertiary/aromatic N) is 1. The summed E-state index contributed by atoms with van der Waals surface area (Å²) in [5, 5.41) is 18.1. The molecule has 0 aliphatic rings. The van der Waals surface area contributed by atoms with Crippen LogP contribution in [-0.2, 0) is 4.74 Å². The molecule has 0 amide bonds. The lowest BCUT2D eigenvalue weighted by molar-refractivity contribution is 0.0368. The Labute approximate surface area is 79.4 Å². The summed E-state index contributed by atoms with van der Waals surface area (Å²) in [5.74, 6) is 0. The number of aliphatic hydroxyl groups is 2. The fourth-order valence-corrected chi connectivity index (χ4v) is 1.12. The van der Waals surface area contributed by atoms with E-state index in [9.17, 15) is 5.11 Å². The van der Waals surface area contributed by atoms with Gasteiger partial charge in [0.1, 0.15) is 0 Å². The molecule has 0 heterocycles. The summed E-state index contributed by atoms with van der Waals surface area (Å²) in [6.45, 7) is 5.73. The van der Waals surface area contributed by atoms with Crippen LogP contribution in [0, 0.1) is 0 Å². The first-order chi connectivity index (χ1) is 6.24. The maximum Gasteiger partial charge on any atom is 0.0900 e. The molecule has 4 nitrogen and oxygen atoms in total. The van der Waals surface area contributed by atoms with Crippen molar-refractivity contribution < 1.29 is 14.9 Å². The SMILES string of the molecule is C=CCN(CCO)CC(O)COC. The number of rotatable bonds is 8. The average Bonchev–Trinajstić information content (AvgIpc) is 2.05. The fourth-order valence-electron chi connectivity index (χ4n) is 1.12. The molecule has 78 valence electrons. The van der Waals surface area contributed by atoms with E-state index in [1.54, 1.807) is 13.2 Å². The van der Waals surface area contributed by atoms with Crippen LogP contribution in [-0.4, -0.2) is 61.2 Å². The third-order valence-corrected chi connectivity index (χ3v) is 1.63. The van der Waals surface area contributed by atoms with Gasteiger partial charge in [-0.05, 0) is 0 Å². The van der Waals surface area contributed by atoms with Gasteiger partial charge < -0.3 is 14.9 Å². The fraction of sp³-hybridized carbons (Fsp3) is 0.778. The van der Waals surface area contributed by atoms with Crippen molar-refractivity contribution in [3.8, 4) is 0 Å². The Morgan fingerprint density at radius 2 is 2.31 bits per heavy atom. The van der Waals surface area contributed by atoms with Crippen LogP contribution in [0.4, 0.5) is 0 Å². The van der Waals surface area contributed by atoms with Gasteiger partial charge in [-0.1, -0.05) is 6.08 Å². The van der Waals surface area contributed by atoms with Crippen molar-refractivity contribution in [3.63, 3.8) is 0 Å². The van der Waals surface area contributed by atoms with Crippen LogP contribution in [0.2, 0.25) is 0 Å². The first-order valence-electron chi connectivity index (χ1n) is 4.35. The maximum atomic E-state index is 9.39. The van der Waals surface area contributed by atoms with E-state index in [0.29, 0.717) is 26.2 Å². The molecule has 0 saturated heterocycles. The van der Waals surface area contributed by atoms with E-state index in [1.165, 1.54) is 0 Å². The third-order valence-electron chi connectivity index (χ3n) is 1.63. The first-order valence-corrected chi connectivity index (χ1v) is 4.35. The summed E-state index contributed by atoms with van der Waals surface area (Å²) >= 11 is 0. The van der Waals surface area contributed by atoms with Crippen LogP contribution in [0.3, 0.4) is 0 Å². The van der Waals surface area contributed by atoms with E-state index >= 15 is 0 Å². The lowest BCUT2D eigenvalue weighted by Gasteiger charge is -2.22. The molecule has 0 spiro atoms. The smallest absolute Gasteiger partial charge is 0.0900 e. The Balaban J connectivity index is 3.71. The van der Waals surface area contributed by atoms with Gasteiger partial charge in [0.05, 0.1) is 19.3 Å². The zero-order valence-corrected chi connectivity index (χ0v) is 8.15. The van der Waals surface area contributed by atoms with Crippen LogP contribution in [0.15, 0.2) is 12.7 Å². The van der Waals surface area contributed by atoms with E-state index in [2.05, 4.69) is 6.58 Å². The van der Waals surface area contributed by atoms with Crippen molar-refractivity contribution >= 4 is 0 Å². The van der Waals surface area contributed by atoms with Crippen molar-refractivity contribution in [2.45, 2.75) is 6.10 Å². The molecule has 0 aliphatic heterocycles. The highest BCUT2D eigenvalue weighted by atomic mass is 16.5. The highest BCUT2D eigenvalue weighted by molar-refractivity contribution is 4.75.